The molecule has 1 heteroatoms. The number of fused-ring (bicyclic) bond motifs is 3. The molecule has 1 aromatic heterocycles. The lowest BCUT2D eigenvalue weighted by atomic mass is 9.97. The molecule has 1 nitrogen and oxygen atoms in total. The molecule has 0 saturated carbocycles. The van der Waals surface area contributed by atoms with Gasteiger partial charge in [0, 0.05) is 17.4 Å². The summed E-state index contributed by atoms with van der Waals surface area (Å²) in [5.41, 5.74) is 5.07. The molecular formula is C14H14O. The molecule has 1 aliphatic rings. The highest BCUT2D eigenvalue weighted by atomic mass is 16.3. The lowest BCUT2D eigenvalue weighted by Crippen LogP contribution is -1.93. The van der Waals surface area contributed by atoms with Crippen LogP contribution in [0.4, 0.5) is 0 Å². The van der Waals surface area contributed by atoms with Crippen LogP contribution in [0.15, 0.2) is 28.2 Å². The Labute approximate surface area is 89.4 Å². The van der Waals surface area contributed by atoms with Crippen LogP contribution in [0.3, 0.4) is 0 Å². The first-order valence-corrected chi connectivity index (χ1v) is 5.43. The van der Waals surface area contributed by atoms with Crippen molar-refractivity contribution >= 4 is 17.0 Å². The van der Waals surface area contributed by atoms with E-state index < -0.39 is 0 Å². The van der Waals surface area contributed by atoms with E-state index in [2.05, 4.69) is 38.1 Å². The second kappa shape index (κ2) is 2.99. The zero-order chi connectivity index (χ0) is 10.4. The minimum absolute atomic E-state index is 1.02. The third-order valence-corrected chi connectivity index (χ3v) is 3.10. The van der Waals surface area contributed by atoms with Crippen LogP contribution in [0, 0.1) is 6.92 Å². The molecule has 0 saturated heterocycles. The van der Waals surface area contributed by atoms with Gasteiger partial charge in [0.15, 0.2) is 0 Å². The van der Waals surface area contributed by atoms with Crippen molar-refractivity contribution in [1.82, 2.24) is 0 Å². The normalized spacial score (nSPS) is 15.2. The highest BCUT2D eigenvalue weighted by molar-refractivity contribution is 5.90. The summed E-state index contributed by atoms with van der Waals surface area (Å²) in [6.07, 6.45) is 4.45. The third-order valence-electron chi connectivity index (χ3n) is 3.10. The molecule has 1 aliphatic carbocycles. The Morgan fingerprint density at radius 2 is 2.00 bits per heavy atom. The monoisotopic (exact) mass is 198 g/mol. The standard InChI is InChI=1S/C14H14O/c1-9-3-5-13-11(7-9)12-8-10(2)4-6-14(12)15-13/h3,5,7-8H,4,6H2,1-2H3. The largest absolute Gasteiger partial charge is 0.460 e. The van der Waals surface area contributed by atoms with E-state index in [0.717, 1.165) is 24.2 Å². The van der Waals surface area contributed by atoms with Crippen molar-refractivity contribution in [2.75, 3.05) is 0 Å². The average molecular weight is 198 g/mol. The van der Waals surface area contributed by atoms with Gasteiger partial charge in [-0.15, -0.1) is 0 Å². The van der Waals surface area contributed by atoms with Crippen molar-refractivity contribution in [1.29, 1.82) is 0 Å². The molecule has 0 radical (unpaired) electrons. The number of hydrogen-bond acceptors (Lipinski definition) is 1. The van der Waals surface area contributed by atoms with Crippen LogP contribution >= 0.6 is 0 Å². The Bertz CT molecular complexity index is 558. The van der Waals surface area contributed by atoms with Crippen LogP contribution < -0.4 is 0 Å². The molecule has 0 unspecified atom stereocenters. The van der Waals surface area contributed by atoms with Gasteiger partial charge in [-0.25, -0.2) is 0 Å². The van der Waals surface area contributed by atoms with Gasteiger partial charge in [-0.05, 0) is 32.4 Å². The zero-order valence-electron chi connectivity index (χ0n) is 9.13. The van der Waals surface area contributed by atoms with Crippen molar-refractivity contribution in [3.63, 3.8) is 0 Å². The minimum atomic E-state index is 1.02. The third kappa shape index (κ3) is 1.30. The maximum Gasteiger partial charge on any atom is 0.134 e. The maximum absolute atomic E-state index is 5.85. The van der Waals surface area contributed by atoms with Crippen LogP contribution in [0.25, 0.3) is 17.0 Å². The molecule has 3 rings (SSSR count). The van der Waals surface area contributed by atoms with E-state index in [-0.39, 0.29) is 0 Å². The van der Waals surface area contributed by atoms with Gasteiger partial charge in [0.25, 0.3) is 0 Å². The molecule has 15 heavy (non-hydrogen) atoms. The lowest BCUT2D eigenvalue weighted by molar-refractivity contribution is 0.543. The van der Waals surface area contributed by atoms with Gasteiger partial charge in [-0.3, -0.25) is 0 Å². The summed E-state index contributed by atoms with van der Waals surface area (Å²) in [5.74, 6) is 1.15. The number of hydrogen-bond donors (Lipinski definition) is 0. The molecule has 1 aromatic carbocycles. The molecular weight excluding hydrogens is 184 g/mol. The van der Waals surface area contributed by atoms with Crippen LogP contribution in [-0.4, -0.2) is 0 Å². The van der Waals surface area contributed by atoms with Gasteiger partial charge in [-0.1, -0.05) is 23.3 Å². The van der Waals surface area contributed by atoms with Crippen molar-refractivity contribution in [3.8, 4) is 0 Å². The van der Waals surface area contributed by atoms with Crippen LogP contribution in [0.1, 0.15) is 30.2 Å². The van der Waals surface area contributed by atoms with E-state index >= 15 is 0 Å². The lowest BCUT2D eigenvalue weighted by Gasteiger charge is -2.07. The van der Waals surface area contributed by atoms with Crippen LogP contribution in [-0.2, 0) is 6.42 Å². The highest BCUT2D eigenvalue weighted by Gasteiger charge is 2.15. The molecule has 0 N–H and O–H groups in total. The van der Waals surface area contributed by atoms with E-state index in [1.54, 1.807) is 0 Å². The van der Waals surface area contributed by atoms with Crippen molar-refractivity contribution in [3.05, 3.63) is 40.7 Å². The molecule has 2 aromatic rings. The van der Waals surface area contributed by atoms with Gasteiger partial charge in [-0.2, -0.15) is 0 Å². The van der Waals surface area contributed by atoms with Crippen LogP contribution in [0.2, 0.25) is 0 Å². The van der Waals surface area contributed by atoms with E-state index in [4.69, 9.17) is 4.42 Å². The Morgan fingerprint density at radius 1 is 1.13 bits per heavy atom. The number of rotatable bonds is 0. The summed E-state index contributed by atoms with van der Waals surface area (Å²) in [6.45, 7) is 4.32. The average Bonchev–Trinajstić information content (AvgIpc) is 2.56. The Kier molecular flexibility index (Phi) is 1.75. The Morgan fingerprint density at radius 3 is 2.87 bits per heavy atom. The predicted octanol–water partition coefficient (Wildman–Crippen LogP) is 4.09. The van der Waals surface area contributed by atoms with Crippen LogP contribution in [0.5, 0.6) is 0 Å². The predicted molar refractivity (Wildman–Crippen MR) is 62.9 cm³/mol. The smallest absolute Gasteiger partial charge is 0.134 e. The fourth-order valence-corrected chi connectivity index (χ4v) is 2.25. The Hall–Kier alpha value is -1.50. The molecule has 0 fully saturated rings. The molecule has 0 atom stereocenters. The van der Waals surface area contributed by atoms with Gasteiger partial charge in [0.05, 0.1) is 0 Å². The molecule has 0 bridgehead atoms. The summed E-state index contributed by atoms with van der Waals surface area (Å²) in [5, 5.41) is 1.27. The van der Waals surface area contributed by atoms with Gasteiger partial charge in [0.1, 0.15) is 11.3 Å². The summed E-state index contributed by atoms with van der Waals surface area (Å²) in [6, 6.07) is 6.40. The molecule has 0 spiro atoms. The molecule has 76 valence electrons. The molecule has 1 heterocycles. The van der Waals surface area contributed by atoms with Crippen molar-refractivity contribution in [2.24, 2.45) is 0 Å². The first kappa shape index (κ1) is 8.78. The quantitative estimate of drug-likeness (QED) is 0.621. The number of allylic oxidation sites excluding steroid dienone is 1. The maximum atomic E-state index is 5.85. The van der Waals surface area contributed by atoms with Gasteiger partial charge >= 0.3 is 0 Å². The second-order valence-corrected chi connectivity index (χ2v) is 4.43. The summed E-state index contributed by atoms with van der Waals surface area (Å²) in [4.78, 5) is 0. The van der Waals surface area contributed by atoms with Gasteiger partial charge < -0.3 is 4.42 Å². The second-order valence-electron chi connectivity index (χ2n) is 4.43. The number of benzene rings is 1. The van der Waals surface area contributed by atoms with Crippen molar-refractivity contribution in [2.45, 2.75) is 26.7 Å². The fourth-order valence-electron chi connectivity index (χ4n) is 2.25. The molecule has 0 aliphatic heterocycles. The summed E-state index contributed by atoms with van der Waals surface area (Å²) >= 11 is 0. The highest BCUT2D eigenvalue weighted by Crippen LogP contribution is 2.33. The van der Waals surface area contributed by atoms with E-state index in [0.29, 0.717) is 0 Å². The fraction of sp³-hybridized carbons (Fsp3) is 0.286. The number of furan rings is 1. The first-order chi connectivity index (χ1) is 7.24. The SMILES string of the molecule is CC1=Cc2c(oc3ccc(C)cc23)CC1. The topological polar surface area (TPSA) is 13.1 Å². The molecule has 0 amide bonds. The first-order valence-electron chi connectivity index (χ1n) is 5.43. The van der Waals surface area contributed by atoms with E-state index in [9.17, 15) is 0 Å². The van der Waals surface area contributed by atoms with E-state index in [1.807, 2.05) is 0 Å². The zero-order valence-corrected chi connectivity index (χ0v) is 9.13. The van der Waals surface area contributed by atoms with Crippen molar-refractivity contribution < 1.29 is 4.42 Å². The Balaban J connectivity index is 2.36. The summed E-state index contributed by atoms with van der Waals surface area (Å²) < 4.78 is 5.85. The minimum Gasteiger partial charge on any atom is -0.460 e. The number of aryl methyl sites for hydroxylation is 2. The summed E-state index contributed by atoms with van der Waals surface area (Å²) in [7, 11) is 0. The van der Waals surface area contributed by atoms with Gasteiger partial charge in [0.2, 0.25) is 0 Å². The van der Waals surface area contributed by atoms with E-state index in [1.165, 1.54) is 22.1 Å².